The van der Waals surface area contributed by atoms with E-state index in [0.717, 1.165) is 29.9 Å². The first kappa shape index (κ1) is 16.4. The van der Waals surface area contributed by atoms with Crippen molar-refractivity contribution in [3.05, 3.63) is 6.07 Å². The van der Waals surface area contributed by atoms with Crippen LogP contribution in [-0.2, 0) is 0 Å². The summed E-state index contributed by atoms with van der Waals surface area (Å²) in [6, 6.07) is 1.99. The molecule has 2 N–H and O–H groups in total. The van der Waals surface area contributed by atoms with Gasteiger partial charge in [0, 0.05) is 25.7 Å². The Bertz CT molecular complexity index is 434. The molecule has 2 rings (SSSR count). The summed E-state index contributed by atoms with van der Waals surface area (Å²) in [7, 11) is 0. The maximum atomic E-state index is 4.53. The van der Waals surface area contributed by atoms with Crippen molar-refractivity contribution in [2.75, 3.05) is 49.6 Å². The Morgan fingerprint density at radius 1 is 1.24 bits per heavy atom. The van der Waals surface area contributed by atoms with Crippen molar-refractivity contribution in [1.29, 1.82) is 0 Å². The summed E-state index contributed by atoms with van der Waals surface area (Å²) in [6.45, 7) is 9.90. The summed E-state index contributed by atoms with van der Waals surface area (Å²) >= 11 is 1.57. The lowest BCUT2D eigenvalue weighted by Crippen LogP contribution is -2.29. The highest BCUT2D eigenvalue weighted by Gasteiger charge is 2.14. The third kappa shape index (κ3) is 5.36. The second kappa shape index (κ2) is 8.44. The van der Waals surface area contributed by atoms with Crippen LogP contribution in [0.5, 0.6) is 0 Å². The molecule has 1 fully saturated rings. The van der Waals surface area contributed by atoms with Crippen LogP contribution < -0.4 is 10.6 Å². The summed E-state index contributed by atoms with van der Waals surface area (Å²) in [5, 5.41) is 7.53. The molecule has 5 nitrogen and oxygen atoms in total. The number of hydrogen-bond acceptors (Lipinski definition) is 6. The molecular formula is C15H27N5S. The van der Waals surface area contributed by atoms with E-state index >= 15 is 0 Å². The number of hydrogen-bond donors (Lipinski definition) is 2. The Kier molecular flexibility index (Phi) is 6.57. The molecule has 0 spiro atoms. The number of thioether (sulfide) groups is 1. The van der Waals surface area contributed by atoms with Gasteiger partial charge in [-0.25, -0.2) is 9.97 Å². The van der Waals surface area contributed by atoms with Gasteiger partial charge in [0.1, 0.15) is 11.6 Å². The Balaban J connectivity index is 1.87. The van der Waals surface area contributed by atoms with Gasteiger partial charge in [-0.15, -0.1) is 0 Å². The van der Waals surface area contributed by atoms with Gasteiger partial charge in [-0.1, -0.05) is 18.7 Å². The van der Waals surface area contributed by atoms with Gasteiger partial charge >= 0.3 is 0 Å². The first-order chi connectivity index (χ1) is 10.2. The molecule has 0 aliphatic carbocycles. The predicted molar refractivity (Wildman–Crippen MR) is 91.3 cm³/mol. The number of aromatic nitrogens is 2. The van der Waals surface area contributed by atoms with Gasteiger partial charge in [-0.05, 0) is 45.0 Å². The van der Waals surface area contributed by atoms with Crippen molar-refractivity contribution < 1.29 is 0 Å². The Morgan fingerprint density at radius 2 is 1.90 bits per heavy atom. The van der Waals surface area contributed by atoms with Crippen LogP contribution in [0.1, 0.15) is 26.7 Å². The molecule has 21 heavy (non-hydrogen) atoms. The molecule has 2 heterocycles. The zero-order valence-electron chi connectivity index (χ0n) is 13.4. The maximum absolute atomic E-state index is 4.53. The molecular weight excluding hydrogens is 282 g/mol. The van der Waals surface area contributed by atoms with Gasteiger partial charge in [0.05, 0.1) is 0 Å². The highest BCUT2D eigenvalue weighted by molar-refractivity contribution is 7.98. The second-order valence-corrected chi connectivity index (χ2v) is 6.42. The first-order valence-electron chi connectivity index (χ1n) is 7.84. The van der Waals surface area contributed by atoms with Crippen molar-refractivity contribution in [1.82, 2.24) is 14.9 Å². The van der Waals surface area contributed by atoms with Crippen molar-refractivity contribution in [2.24, 2.45) is 5.92 Å². The fourth-order valence-electron chi connectivity index (χ4n) is 2.63. The Labute approximate surface area is 132 Å². The van der Waals surface area contributed by atoms with E-state index in [1.807, 2.05) is 12.3 Å². The minimum absolute atomic E-state index is 0.623. The zero-order chi connectivity index (χ0) is 15.1. The van der Waals surface area contributed by atoms with Gasteiger partial charge in [-0.2, -0.15) is 0 Å². The predicted octanol–water partition coefficient (Wildman–Crippen LogP) is 2.77. The molecule has 1 aromatic heterocycles. The number of anilines is 2. The summed E-state index contributed by atoms with van der Waals surface area (Å²) in [4.78, 5) is 11.5. The van der Waals surface area contributed by atoms with E-state index in [9.17, 15) is 0 Å². The first-order valence-corrected chi connectivity index (χ1v) is 9.07. The fourth-order valence-corrected chi connectivity index (χ4v) is 3.01. The van der Waals surface area contributed by atoms with E-state index in [0.29, 0.717) is 5.92 Å². The molecule has 118 valence electrons. The minimum atomic E-state index is 0.623. The molecule has 1 aliphatic heterocycles. The van der Waals surface area contributed by atoms with E-state index in [2.05, 4.69) is 39.3 Å². The summed E-state index contributed by atoms with van der Waals surface area (Å²) < 4.78 is 0. The SMILES string of the molecule is CCNc1cc(NCC(C)CN2CCCC2)nc(SC)n1. The number of nitrogens with zero attached hydrogens (tertiary/aromatic N) is 3. The lowest BCUT2D eigenvalue weighted by atomic mass is 10.1. The highest BCUT2D eigenvalue weighted by atomic mass is 32.2. The average Bonchev–Trinajstić information content (AvgIpc) is 2.98. The van der Waals surface area contributed by atoms with E-state index in [4.69, 9.17) is 0 Å². The molecule has 1 aromatic rings. The fraction of sp³-hybridized carbons (Fsp3) is 0.733. The summed E-state index contributed by atoms with van der Waals surface area (Å²) in [5.74, 6) is 2.43. The van der Waals surface area contributed by atoms with E-state index in [1.165, 1.54) is 32.5 Å². The molecule has 1 unspecified atom stereocenters. The smallest absolute Gasteiger partial charge is 0.191 e. The Hall–Kier alpha value is -1.01. The van der Waals surface area contributed by atoms with Crippen LogP contribution in [0.25, 0.3) is 0 Å². The molecule has 6 heteroatoms. The summed E-state index contributed by atoms with van der Waals surface area (Å²) in [5.41, 5.74) is 0. The molecule has 0 amide bonds. The third-order valence-corrected chi connectivity index (χ3v) is 4.19. The third-order valence-electron chi connectivity index (χ3n) is 3.65. The number of nitrogens with one attached hydrogen (secondary N) is 2. The molecule has 1 saturated heterocycles. The quantitative estimate of drug-likeness (QED) is 0.569. The molecule has 1 aliphatic rings. The lowest BCUT2D eigenvalue weighted by Gasteiger charge is -2.20. The normalized spacial score (nSPS) is 16.9. The maximum Gasteiger partial charge on any atom is 0.191 e. The number of likely N-dealkylation sites (tertiary alicyclic amines) is 1. The van der Waals surface area contributed by atoms with Crippen molar-refractivity contribution in [3.8, 4) is 0 Å². The van der Waals surface area contributed by atoms with Crippen molar-refractivity contribution >= 4 is 23.4 Å². The van der Waals surface area contributed by atoms with Crippen LogP contribution in [0.15, 0.2) is 11.2 Å². The average molecular weight is 309 g/mol. The van der Waals surface area contributed by atoms with Crippen LogP contribution in [0.2, 0.25) is 0 Å². The monoisotopic (exact) mass is 309 g/mol. The van der Waals surface area contributed by atoms with Gasteiger partial charge < -0.3 is 15.5 Å². The van der Waals surface area contributed by atoms with Crippen molar-refractivity contribution in [3.63, 3.8) is 0 Å². The van der Waals surface area contributed by atoms with Crippen molar-refractivity contribution in [2.45, 2.75) is 31.8 Å². The Morgan fingerprint density at radius 3 is 2.52 bits per heavy atom. The zero-order valence-corrected chi connectivity index (χ0v) is 14.2. The minimum Gasteiger partial charge on any atom is -0.370 e. The van der Waals surface area contributed by atoms with Gasteiger partial charge in [0.2, 0.25) is 0 Å². The van der Waals surface area contributed by atoms with Gasteiger partial charge in [0.15, 0.2) is 5.16 Å². The lowest BCUT2D eigenvalue weighted by molar-refractivity contribution is 0.294. The molecule has 0 bridgehead atoms. The van der Waals surface area contributed by atoms with Gasteiger partial charge in [-0.3, -0.25) is 0 Å². The highest BCUT2D eigenvalue weighted by Crippen LogP contribution is 2.18. The molecule has 0 radical (unpaired) electrons. The second-order valence-electron chi connectivity index (χ2n) is 5.65. The van der Waals surface area contributed by atoms with E-state index in [1.54, 1.807) is 11.8 Å². The van der Waals surface area contributed by atoms with Crippen LogP contribution in [0.3, 0.4) is 0 Å². The summed E-state index contributed by atoms with van der Waals surface area (Å²) in [6.07, 6.45) is 4.72. The molecule has 0 saturated carbocycles. The molecule has 0 aromatic carbocycles. The van der Waals surface area contributed by atoms with E-state index in [-0.39, 0.29) is 0 Å². The van der Waals surface area contributed by atoms with Crippen LogP contribution in [0.4, 0.5) is 11.6 Å². The van der Waals surface area contributed by atoms with Gasteiger partial charge in [0.25, 0.3) is 0 Å². The van der Waals surface area contributed by atoms with Crippen LogP contribution in [0, 0.1) is 5.92 Å². The van der Waals surface area contributed by atoms with Crippen LogP contribution >= 0.6 is 11.8 Å². The van der Waals surface area contributed by atoms with E-state index < -0.39 is 0 Å². The topological polar surface area (TPSA) is 53.1 Å². The van der Waals surface area contributed by atoms with Crippen LogP contribution in [-0.4, -0.2) is 53.8 Å². The largest absolute Gasteiger partial charge is 0.370 e. The standard InChI is InChI=1S/C15H27N5S/c1-4-16-13-9-14(19-15(18-13)21-3)17-10-12(2)11-20-7-5-6-8-20/h9,12H,4-8,10-11H2,1-3H3,(H2,16,17,18,19). The molecule has 1 atom stereocenters. The number of rotatable bonds is 8.